The van der Waals surface area contributed by atoms with E-state index in [4.69, 9.17) is 4.74 Å². The number of ether oxygens (including phenoxy) is 1. The maximum Gasteiger partial charge on any atom is 0.258 e. The quantitative estimate of drug-likeness (QED) is 0.702. The Bertz CT molecular complexity index is 1050. The van der Waals surface area contributed by atoms with Crippen molar-refractivity contribution in [3.05, 3.63) is 53.3 Å². The summed E-state index contributed by atoms with van der Waals surface area (Å²) in [4.78, 5) is 14.9. The van der Waals surface area contributed by atoms with Crippen LogP contribution in [0.2, 0.25) is 0 Å². The fourth-order valence-electron chi connectivity index (χ4n) is 3.55. The molecule has 2 aromatic carbocycles. The van der Waals surface area contributed by atoms with E-state index in [0.717, 1.165) is 36.5 Å². The topological polar surface area (TPSA) is 79.0 Å². The molecule has 0 unspecified atom stereocenters. The minimum absolute atomic E-state index is 0.109. The van der Waals surface area contributed by atoms with Crippen molar-refractivity contribution in [1.29, 1.82) is 0 Å². The number of rotatable bonds is 7. The molecule has 2 aromatic rings. The molecule has 1 aliphatic heterocycles. The van der Waals surface area contributed by atoms with Crippen molar-refractivity contribution >= 4 is 27.3 Å². The van der Waals surface area contributed by atoms with Gasteiger partial charge in [-0.25, -0.2) is 12.8 Å². The molecule has 9 heteroatoms. The van der Waals surface area contributed by atoms with Gasteiger partial charge < -0.3 is 15.0 Å². The van der Waals surface area contributed by atoms with Crippen LogP contribution in [-0.2, 0) is 14.8 Å². The van der Waals surface area contributed by atoms with Crippen molar-refractivity contribution < 1.29 is 22.3 Å². The molecule has 0 aromatic heterocycles. The molecule has 1 amide bonds. The first-order valence-corrected chi connectivity index (χ1v) is 11.8. The smallest absolute Gasteiger partial charge is 0.258 e. The Morgan fingerprint density at radius 2 is 1.81 bits per heavy atom. The zero-order chi connectivity index (χ0) is 22.6. The van der Waals surface area contributed by atoms with Crippen molar-refractivity contribution in [3.8, 4) is 0 Å². The summed E-state index contributed by atoms with van der Waals surface area (Å²) in [6.07, 6.45) is 0. The van der Waals surface area contributed by atoms with E-state index in [9.17, 15) is 17.6 Å². The number of benzene rings is 2. The fraction of sp³-hybridized carbons (Fsp3) is 0.409. The Kier molecular flexibility index (Phi) is 7.30. The number of halogens is 1. The molecular formula is C22H28FN3O4S. The van der Waals surface area contributed by atoms with Crippen molar-refractivity contribution in [2.45, 2.75) is 25.7 Å². The molecule has 0 bridgehead atoms. The SMILES string of the molecule is CCN(CC)S(=O)(=O)c1ccc(F)c(C(=O)Nc2ccc(N3CCOCC3)cc2C)c1. The lowest BCUT2D eigenvalue weighted by Crippen LogP contribution is -2.36. The Morgan fingerprint density at radius 1 is 1.13 bits per heavy atom. The van der Waals surface area contributed by atoms with E-state index in [-0.39, 0.29) is 23.5 Å². The Hall–Kier alpha value is -2.49. The Labute approximate surface area is 182 Å². The number of anilines is 2. The first-order valence-electron chi connectivity index (χ1n) is 10.3. The van der Waals surface area contributed by atoms with Gasteiger partial charge in [0.05, 0.1) is 23.7 Å². The van der Waals surface area contributed by atoms with Crippen LogP contribution in [0.25, 0.3) is 0 Å². The number of sulfonamides is 1. The van der Waals surface area contributed by atoms with Gasteiger partial charge in [-0.05, 0) is 48.9 Å². The third-order valence-corrected chi connectivity index (χ3v) is 7.41. The van der Waals surface area contributed by atoms with Crippen LogP contribution in [0.1, 0.15) is 29.8 Å². The summed E-state index contributed by atoms with van der Waals surface area (Å²) >= 11 is 0. The van der Waals surface area contributed by atoms with Crippen molar-refractivity contribution in [1.82, 2.24) is 4.31 Å². The summed E-state index contributed by atoms with van der Waals surface area (Å²) in [6, 6.07) is 8.91. The van der Waals surface area contributed by atoms with Gasteiger partial charge in [0.25, 0.3) is 5.91 Å². The molecule has 1 fully saturated rings. The lowest BCUT2D eigenvalue weighted by molar-refractivity contribution is 0.102. The van der Waals surface area contributed by atoms with Gasteiger partial charge in [-0.15, -0.1) is 0 Å². The highest BCUT2D eigenvalue weighted by Gasteiger charge is 2.24. The number of amides is 1. The van der Waals surface area contributed by atoms with E-state index in [2.05, 4.69) is 10.2 Å². The monoisotopic (exact) mass is 449 g/mol. The van der Waals surface area contributed by atoms with Crippen LogP contribution in [0.15, 0.2) is 41.3 Å². The fourth-order valence-corrected chi connectivity index (χ4v) is 5.03. The summed E-state index contributed by atoms with van der Waals surface area (Å²) in [5.41, 5.74) is 2.07. The third kappa shape index (κ3) is 5.06. The van der Waals surface area contributed by atoms with E-state index in [1.54, 1.807) is 19.9 Å². The zero-order valence-corrected chi connectivity index (χ0v) is 18.8. The lowest BCUT2D eigenvalue weighted by atomic mass is 10.1. The number of morpholine rings is 1. The molecule has 1 heterocycles. The molecule has 1 saturated heterocycles. The van der Waals surface area contributed by atoms with Crippen LogP contribution in [0.5, 0.6) is 0 Å². The summed E-state index contributed by atoms with van der Waals surface area (Å²) in [7, 11) is -3.80. The van der Waals surface area contributed by atoms with Gasteiger partial charge in [0.15, 0.2) is 0 Å². The normalized spacial score (nSPS) is 14.7. The number of nitrogens with zero attached hydrogens (tertiary/aromatic N) is 2. The van der Waals surface area contributed by atoms with E-state index in [0.29, 0.717) is 18.9 Å². The highest BCUT2D eigenvalue weighted by molar-refractivity contribution is 7.89. The second-order valence-corrected chi connectivity index (χ2v) is 9.22. The van der Waals surface area contributed by atoms with Gasteiger partial charge in [0, 0.05) is 37.6 Å². The van der Waals surface area contributed by atoms with Gasteiger partial charge >= 0.3 is 0 Å². The number of carbonyl (C=O) groups excluding carboxylic acids is 1. The van der Waals surface area contributed by atoms with Crippen LogP contribution in [-0.4, -0.2) is 58.0 Å². The average Bonchev–Trinajstić information content (AvgIpc) is 2.76. The average molecular weight is 450 g/mol. The summed E-state index contributed by atoms with van der Waals surface area (Å²) in [5, 5.41) is 2.70. The standard InChI is InChI=1S/C22H28FN3O4S/c1-4-26(5-2)31(28,29)18-7-8-20(23)19(15-18)22(27)24-21-9-6-17(14-16(21)3)25-10-12-30-13-11-25/h6-9,14-15H,4-5,10-13H2,1-3H3,(H,24,27). The molecule has 3 rings (SSSR count). The Morgan fingerprint density at radius 3 is 2.42 bits per heavy atom. The number of hydrogen-bond donors (Lipinski definition) is 1. The van der Waals surface area contributed by atoms with Crippen LogP contribution >= 0.6 is 0 Å². The van der Waals surface area contributed by atoms with E-state index >= 15 is 0 Å². The highest BCUT2D eigenvalue weighted by atomic mass is 32.2. The minimum atomic E-state index is -3.80. The molecule has 0 radical (unpaired) electrons. The van der Waals surface area contributed by atoms with Crippen molar-refractivity contribution in [3.63, 3.8) is 0 Å². The van der Waals surface area contributed by atoms with Crippen molar-refractivity contribution in [2.24, 2.45) is 0 Å². The highest BCUT2D eigenvalue weighted by Crippen LogP contribution is 2.25. The molecule has 1 aliphatic rings. The minimum Gasteiger partial charge on any atom is -0.378 e. The van der Waals surface area contributed by atoms with Gasteiger partial charge in [0.2, 0.25) is 10.0 Å². The van der Waals surface area contributed by atoms with Gasteiger partial charge in [-0.3, -0.25) is 4.79 Å². The Balaban J connectivity index is 1.83. The molecule has 7 nitrogen and oxygen atoms in total. The molecular weight excluding hydrogens is 421 g/mol. The molecule has 31 heavy (non-hydrogen) atoms. The maximum absolute atomic E-state index is 14.4. The van der Waals surface area contributed by atoms with E-state index in [1.165, 1.54) is 10.4 Å². The van der Waals surface area contributed by atoms with E-state index < -0.39 is 21.7 Å². The molecule has 1 N–H and O–H groups in total. The zero-order valence-electron chi connectivity index (χ0n) is 18.0. The molecule has 0 saturated carbocycles. The van der Waals surface area contributed by atoms with Crippen LogP contribution in [0.3, 0.4) is 0 Å². The second kappa shape index (κ2) is 9.76. The van der Waals surface area contributed by atoms with Crippen LogP contribution in [0, 0.1) is 12.7 Å². The summed E-state index contributed by atoms with van der Waals surface area (Å²) in [6.45, 7) is 8.81. The molecule has 0 aliphatic carbocycles. The van der Waals surface area contributed by atoms with E-state index in [1.807, 2.05) is 19.1 Å². The summed E-state index contributed by atoms with van der Waals surface area (Å²) in [5.74, 6) is -1.48. The second-order valence-electron chi connectivity index (χ2n) is 7.28. The van der Waals surface area contributed by atoms with Crippen LogP contribution < -0.4 is 10.2 Å². The largest absolute Gasteiger partial charge is 0.378 e. The number of carbonyl (C=O) groups is 1. The molecule has 168 valence electrons. The summed E-state index contributed by atoms with van der Waals surface area (Å²) < 4.78 is 46.5. The van der Waals surface area contributed by atoms with Gasteiger partial charge in [-0.2, -0.15) is 4.31 Å². The lowest BCUT2D eigenvalue weighted by Gasteiger charge is -2.29. The maximum atomic E-state index is 14.4. The van der Waals surface area contributed by atoms with Crippen LogP contribution in [0.4, 0.5) is 15.8 Å². The van der Waals surface area contributed by atoms with Gasteiger partial charge in [0.1, 0.15) is 5.82 Å². The number of aryl methyl sites for hydroxylation is 1. The first-order chi connectivity index (χ1) is 14.8. The predicted octanol–water partition coefficient (Wildman–Crippen LogP) is 3.25. The number of hydrogen-bond acceptors (Lipinski definition) is 5. The van der Waals surface area contributed by atoms with Crippen molar-refractivity contribution in [2.75, 3.05) is 49.6 Å². The number of nitrogens with one attached hydrogen (secondary N) is 1. The van der Waals surface area contributed by atoms with Gasteiger partial charge in [-0.1, -0.05) is 13.8 Å². The first kappa shape index (κ1) is 23.2. The molecule has 0 atom stereocenters. The predicted molar refractivity (Wildman–Crippen MR) is 119 cm³/mol. The third-order valence-electron chi connectivity index (χ3n) is 5.36. The molecule has 0 spiro atoms.